The van der Waals surface area contributed by atoms with Crippen molar-refractivity contribution in [2.45, 2.75) is 13.3 Å². The van der Waals surface area contributed by atoms with Crippen molar-refractivity contribution in [2.75, 3.05) is 0 Å². The third-order valence-electron chi connectivity index (χ3n) is 1.98. The van der Waals surface area contributed by atoms with Crippen molar-refractivity contribution in [2.24, 2.45) is 5.92 Å². The Morgan fingerprint density at radius 1 is 1.60 bits per heavy atom. The Labute approximate surface area is 63.7 Å². The van der Waals surface area contributed by atoms with Gasteiger partial charge in [0.05, 0.1) is 0 Å². The fourth-order valence-corrected chi connectivity index (χ4v) is 2.24. The summed E-state index contributed by atoms with van der Waals surface area (Å²) in [5.74, 6) is 0.564. The molecule has 0 fully saturated rings. The van der Waals surface area contributed by atoms with Gasteiger partial charge in [-0.1, -0.05) is 6.92 Å². The SMILES string of the molecule is CC1Cc2cscc2C1=O. The monoisotopic (exact) mass is 152 g/mol. The van der Waals surface area contributed by atoms with Crippen molar-refractivity contribution in [3.63, 3.8) is 0 Å². The Bertz CT molecular complexity index is 275. The van der Waals surface area contributed by atoms with Gasteiger partial charge in [-0.3, -0.25) is 4.79 Å². The van der Waals surface area contributed by atoms with Crippen molar-refractivity contribution >= 4 is 17.1 Å². The largest absolute Gasteiger partial charge is 0.294 e. The molecule has 0 N–H and O–H groups in total. The maximum absolute atomic E-state index is 11.3. The molecule has 1 aliphatic rings. The van der Waals surface area contributed by atoms with Crippen molar-refractivity contribution in [3.05, 3.63) is 21.9 Å². The lowest BCUT2D eigenvalue weighted by Gasteiger charge is -1.94. The van der Waals surface area contributed by atoms with Crippen LogP contribution in [0.4, 0.5) is 0 Å². The number of carbonyl (C=O) groups is 1. The summed E-state index contributed by atoms with van der Waals surface area (Å²) in [6, 6.07) is 0. The van der Waals surface area contributed by atoms with Crippen LogP contribution in [0.3, 0.4) is 0 Å². The van der Waals surface area contributed by atoms with E-state index in [1.165, 1.54) is 5.56 Å². The van der Waals surface area contributed by atoms with E-state index in [0.717, 1.165) is 12.0 Å². The Morgan fingerprint density at radius 3 is 3.10 bits per heavy atom. The summed E-state index contributed by atoms with van der Waals surface area (Å²) in [5.41, 5.74) is 2.22. The molecule has 0 aromatic carbocycles. The summed E-state index contributed by atoms with van der Waals surface area (Å²) in [4.78, 5) is 11.3. The van der Waals surface area contributed by atoms with Gasteiger partial charge in [0.2, 0.25) is 0 Å². The van der Waals surface area contributed by atoms with E-state index < -0.39 is 0 Å². The number of carbonyl (C=O) groups excluding carboxylic acids is 1. The molecule has 1 aromatic rings. The van der Waals surface area contributed by atoms with Crippen LogP contribution in [0.5, 0.6) is 0 Å². The van der Waals surface area contributed by atoms with E-state index in [2.05, 4.69) is 5.38 Å². The average molecular weight is 152 g/mol. The minimum absolute atomic E-state index is 0.235. The Morgan fingerprint density at radius 2 is 2.40 bits per heavy atom. The van der Waals surface area contributed by atoms with Crippen LogP contribution < -0.4 is 0 Å². The Kier molecular flexibility index (Phi) is 1.17. The minimum Gasteiger partial charge on any atom is -0.294 e. The molecule has 0 spiro atoms. The molecule has 1 atom stereocenters. The van der Waals surface area contributed by atoms with E-state index >= 15 is 0 Å². The van der Waals surface area contributed by atoms with Crippen molar-refractivity contribution in [3.8, 4) is 0 Å². The summed E-state index contributed by atoms with van der Waals surface area (Å²) in [6.45, 7) is 1.99. The maximum atomic E-state index is 11.3. The van der Waals surface area contributed by atoms with Crippen molar-refractivity contribution in [1.29, 1.82) is 0 Å². The highest BCUT2D eigenvalue weighted by Gasteiger charge is 2.26. The van der Waals surface area contributed by atoms with E-state index in [1.54, 1.807) is 11.3 Å². The molecule has 0 bridgehead atoms. The zero-order chi connectivity index (χ0) is 7.14. The van der Waals surface area contributed by atoms with E-state index in [9.17, 15) is 4.79 Å². The molecule has 0 radical (unpaired) electrons. The van der Waals surface area contributed by atoms with Crippen molar-refractivity contribution in [1.82, 2.24) is 0 Å². The van der Waals surface area contributed by atoms with Gasteiger partial charge in [-0.15, -0.1) is 0 Å². The van der Waals surface area contributed by atoms with Gasteiger partial charge in [0.15, 0.2) is 5.78 Å². The van der Waals surface area contributed by atoms with Crippen molar-refractivity contribution < 1.29 is 4.79 Å². The van der Waals surface area contributed by atoms with Crippen LogP contribution in [0.25, 0.3) is 0 Å². The Hall–Kier alpha value is -0.630. The van der Waals surface area contributed by atoms with Gasteiger partial charge in [0.25, 0.3) is 0 Å². The first-order valence-corrected chi connectivity index (χ1v) is 4.32. The van der Waals surface area contributed by atoms with E-state index in [4.69, 9.17) is 0 Å². The topological polar surface area (TPSA) is 17.1 Å². The van der Waals surface area contributed by atoms with Crippen LogP contribution in [0.15, 0.2) is 10.8 Å². The number of thiophene rings is 1. The first-order chi connectivity index (χ1) is 4.79. The molecular formula is C8H8OS. The molecule has 0 aliphatic heterocycles. The van der Waals surface area contributed by atoms with Gasteiger partial charge in [-0.05, 0) is 17.4 Å². The average Bonchev–Trinajstić information content (AvgIpc) is 2.41. The van der Waals surface area contributed by atoms with E-state index in [-0.39, 0.29) is 5.92 Å². The lowest BCUT2D eigenvalue weighted by Crippen LogP contribution is -2.02. The molecule has 0 amide bonds. The van der Waals surface area contributed by atoms with Crippen LogP contribution >= 0.6 is 11.3 Å². The molecule has 1 aliphatic carbocycles. The summed E-state index contributed by atoms with van der Waals surface area (Å²) >= 11 is 1.63. The summed E-state index contributed by atoms with van der Waals surface area (Å²) in [7, 11) is 0. The third kappa shape index (κ3) is 0.655. The van der Waals surface area contributed by atoms with Gasteiger partial charge < -0.3 is 0 Å². The summed E-state index contributed by atoms with van der Waals surface area (Å²) in [6.07, 6.45) is 0.956. The number of ketones is 1. The molecule has 52 valence electrons. The predicted molar refractivity (Wildman–Crippen MR) is 41.5 cm³/mol. The standard InChI is InChI=1S/C8H8OS/c1-5-2-6-3-10-4-7(6)8(5)9/h3-5H,2H2,1H3. The van der Waals surface area contributed by atoms with Gasteiger partial charge in [-0.25, -0.2) is 0 Å². The summed E-state index contributed by atoms with van der Waals surface area (Å²) < 4.78 is 0. The van der Waals surface area contributed by atoms with E-state index in [1.807, 2.05) is 12.3 Å². The number of hydrogen-bond acceptors (Lipinski definition) is 2. The first kappa shape index (κ1) is 6.10. The molecule has 1 nitrogen and oxygen atoms in total. The van der Waals surface area contributed by atoms with Gasteiger partial charge >= 0.3 is 0 Å². The molecule has 0 saturated carbocycles. The highest BCUT2D eigenvalue weighted by Crippen LogP contribution is 2.28. The van der Waals surface area contributed by atoms with Gasteiger partial charge in [-0.2, -0.15) is 11.3 Å². The fourth-order valence-electron chi connectivity index (χ4n) is 1.39. The lowest BCUT2D eigenvalue weighted by molar-refractivity contribution is 0.0946. The zero-order valence-corrected chi connectivity index (χ0v) is 6.57. The second-order valence-electron chi connectivity index (χ2n) is 2.78. The lowest BCUT2D eigenvalue weighted by atomic mass is 10.1. The third-order valence-corrected chi connectivity index (χ3v) is 2.77. The molecular weight excluding hydrogens is 144 g/mol. The molecule has 2 rings (SSSR count). The van der Waals surface area contributed by atoms with Gasteiger partial charge in [0.1, 0.15) is 0 Å². The molecule has 1 aromatic heterocycles. The first-order valence-electron chi connectivity index (χ1n) is 3.38. The zero-order valence-electron chi connectivity index (χ0n) is 5.76. The normalized spacial score (nSPS) is 23.3. The maximum Gasteiger partial charge on any atom is 0.167 e. The molecule has 0 saturated heterocycles. The molecule has 2 heteroatoms. The fraction of sp³-hybridized carbons (Fsp3) is 0.375. The van der Waals surface area contributed by atoms with Crippen LogP contribution in [0.1, 0.15) is 22.8 Å². The number of Topliss-reactive ketones (excluding diaryl/α,β-unsaturated/α-hetero) is 1. The molecule has 10 heavy (non-hydrogen) atoms. The highest BCUT2D eigenvalue weighted by atomic mass is 32.1. The second kappa shape index (κ2) is 1.92. The molecule has 1 heterocycles. The number of hydrogen-bond donors (Lipinski definition) is 0. The van der Waals surface area contributed by atoms with Crippen LogP contribution in [-0.2, 0) is 6.42 Å². The highest BCUT2D eigenvalue weighted by molar-refractivity contribution is 7.08. The number of fused-ring (bicyclic) bond motifs is 1. The predicted octanol–water partition coefficient (Wildman–Crippen LogP) is 2.12. The quantitative estimate of drug-likeness (QED) is 0.556. The number of rotatable bonds is 0. The minimum atomic E-state index is 0.235. The summed E-state index contributed by atoms with van der Waals surface area (Å²) in [5, 5.41) is 4.04. The second-order valence-corrected chi connectivity index (χ2v) is 3.52. The van der Waals surface area contributed by atoms with Crippen LogP contribution in [0.2, 0.25) is 0 Å². The smallest absolute Gasteiger partial charge is 0.167 e. The van der Waals surface area contributed by atoms with E-state index in [0.29, 0.717) is 5.78 Å². The van der Waals surface area contributed by atoms with Crippen LogP contribution in [0, 0.1) is 5.92 Å². The van der Waals surface area contributed by atoms with Gasteiger partial charge in [0, 0.05) is 16.9 Å². The molecule has 1 unspecified atom stereocenters. The van der Waals surface area contributed by atoms with Crippen LogP contribution in [-0.4, -0.2) is 5.78 Å². The Balaban J connectivity index is 2.53.